The summed E-state index contributed by atoms with van der Waals surface area (Å²) in [5.41, 5.74) is 0. The molecule has 3 fully saturated rings. The Labute approximate surface area is 149 Å². The minimum absolute atomic E-state index is 0.132. The molecule has 1 aromatic rings. The summed E-state index contributed by atoms with van der Waals surface area (Å²) >= 11 is 0. The van der Waals surface area contributed by atoms with Crippen molar-refractivity contribution in [1.29, 1.82) is 0 Å². The van der Waals surface area contributed by atoms with Crippen LogP contribution >= 0.6 is 0 Å². The van der Waals surface area contributed by atoms with E-state index < -0.39 is 0 Å². The number of ether oxygens (including phenoxy) is 1. The second-order valence-electron chi connectivity index (χ2n) is 7.59. The van der Waals surface area contributed by atoms with Crippen molar-refractivity contribution in [2.45, 2.75) is 44.3 Å². The minimum Gasteiger partial charge on any atom is -0.468 e. The van der Waals surface area contributed by atoms with Crippen LogP contribution in [0.2, 0.25) is 0 Å². The number of carbonyl (C=O) groups excluding carboxylic acids is 1. The Morgan fingerprint density at radius 1 is 1.16 bits per heavy atom. The molecule has 6 heteroatoms. The summed E-state index contributed by atoms with van der Waals surface area (Å²) in [4.78, 5) is 17.6. The van der Waals surface area contributed by atoms with E-state index in [-0.39, 0.29) is 17.9 Å². The van der Waals surface area contributed by atoms with Crippen molar-refractivity contribution in [3.63, 3.8) is 0 Å². The summed E-state index contributed by atoms with van der Waals surface area (Å²) < 4.78 is 11.1. The third-order valence-electron chi connectivity index (χ3n) is 5.91. The van der Waals surface area contributed by atoms with Crippen LogP contribution in [-0.2, 0) is 16.1 Å². The molecule has 1 amide bonds. The van der Waals surface area contributed by atoms with Crippen molar-refractivity contribution >= 4 is 5.91 Å². The average molecular weight is 347 g/mol. The van der Waals surface area contributed by atoms with Crippen molar-refractivity contribution in [2.24, 2.45) is 5.92 Å². The summed E-state index contributed by atoms with van der Waals surface area (Å²) in [5.74, 6) is 1.35. The Kier molecular flexibility index (Phi) is 5.39. The van der Waals surface area contributed by atoms with Crippen LogP contribution in [0.25, 0.3) is 0 Å². The number of amides is 1. The lowest BCUT2D eigenvalue weighted by Gasteiger charge is -2.33. The summed E-state index contributed by atoms with van der Waals surface area (Å²) in [6, 6.07) is 4.46. The van der Waals surface area contributed by atoms with E-state index in [4.69, 9.17) is 9.15 Å². The third kappa shape index (κ3) is 4.07. The number of likely N-dealkylation sites (tertiary alicyclic amines) is 2. The molecule has 4 heterocycles. The smallest absolute Gasteiger partial charge is 0.223 e. The van der Waals surface area contributed by atoms with Crippen LogP contribution in [0.4, 0.5) is 0 Å². The van der Waals surface area contributed by atoms with Gasteiger partial charge in [-0.15, -0.1) is 0 Å². The van der Waals surface area contributed by atoms with E-state index in [0.717, 1.165) is 57.9 Å². The van der Waals surface area contributed by atoms with Crippen molar-refractivity contribution in [1.82, 2.24) is 15.1 Å². The van der Waals surface area contributed by atoms with Crippen molar-refractivity contribution in [3.8, 4) is 0 Å². The highest BCUT2D eigenvalue weighted by Crippen LogP contribution is 2.22. The molecule has 3 saturated heterocycles. The second-order valence-corrected chi connectivity index (χ2v) is 7.59. The van der Waals surface area contributed by atoms with Crippen LogP contribution in [0.3, 0.4) is 0 Å². The quantitative estimate of drug-likeness (QED) is 0.874. The lowest BCUT2D eigenvalue weighted by molar-refractivity contribution is -0.127. The van der Waals surface area contributed by atoms with Gasteiger partial charge in [0, 0.05) is 5.92 Å². The molecular formula is C19H29N3O3. The highest BCUT2D eigenvalue weighted by Gasteiger charge is 2.36. The Hall–Kier alpha value is -1.37. The van der Waals surface area contributed by atoms with Gasteiger partial charge in [0.1, 0.15) is 5.76 Å². The Bertz CT molecular complexity index is 548. The second kappa shape index (κ2) is 7.89. The van der Waals surface area contributed by atoms with E-state index in [1.165, 1.54) is 12.8 Å². The molecule has 0 aliphatic carbocycles. The monoisotopic (exact) mass is 347 g/mol. The van der Waals surface area contributed by atoms with Gasteiger partial charge in [-0.05, 0) is 64.0 Å². The maximum atomic E-state index is 12.7. The lowest BCUT2D eigenvalue weighted by atomic mass is 9.95. The van der Waals surface area contributed by atoms with Gasteiger partial charge in [-0.25, -0.2) is 0 Å². The molecule has 0 saturated carbocycles. The van der Waals surface area contributed by atoms with Gasteiger partial charge < -0.3 is 14.5 Å². The Morgan fingerprint density at radius 2 is 1.96 bits per heavy atom. The highest BCUT2D eigenvalue weighted by molar-refractivity contribution is 5.79. The van der Waals surface area contributed by atoms with Crippen molar-refractivity contribution in [2.75, 3.05) is 39.4 Å². The SMILES string of the molecule is O=C(N[C@H]1COC[C@@H]1N1CCCC1)C1CCN(Cc2ccco2)CC1. The van der Waals surface area contributed by atoms with Gasteiger partial charge in [-0.2, -0.15) is 0 Å². The number of rotatable bonds is 5. The first-order valence-electron chi connectivity index (χ1n) is 9.66. The fraction of sp³-hybridized carbons (Fsp3) is 0.737. The summed E-state index contributed by atoms with van der Waals surface area (Å²) in [7, 11) is 0. The summed E-state index contributed by atoms with van der Waals surface area (Å²) in [6.45, 7) is 6.45. The Balaban J connectivity index is 1.24. The van der Waals surface area contributed by atoms with Crippen LogP contribution in [0, 0.1) is 5.92 Å². The lowest BCUT2D eigenvalue weighted by Crippen LogP contribution is -2.52. The molecule has 2 atom stereocenters. The number of furan rings is 1. The van der Waals surface area contributed by atoms with Gasteiger partial charge in [-0.3, -0.25) is 14.6 Å². The number of piperidine rings is 1. The fourth-order valence-corrected chi connectivity index (χ4v) is 4.39. The number of hydrogen-bond acceptors (Lipinski definition) is 5. The molecule has 0 aromatic carbocycles. The van der Waals surface area contributed by atoms with Gasteiger partial charge in [0.15, 0.2) is 0 Å². The van der Waals surface area contributed by atoms with Gasteiger partial charge in [-0.1, -0.05) is 0 Å². The molecule has 4 rings (SSSR count). The summed E-state index contributed by atoms with van der Waals surface area (Å²) in [6.07, 6.45) is 6.11. The standard InChI is InChI=1S/C19H29N3O3/c23-19(20-17-13-24-14-18(17)22-7-1-2-8-22)15-5-9-21(10-6-15)12-16-4-3-11-25-16/h3-4,11,15,17-18H,1-2,5-10,12-14H2,(H,20,23)/t17-,18-/m0/s1. The molecule has 138 valence electrons. The third-order valence-corrected chi connectivity index (χ3v) is 5.91. The van der Waals surface area contributed by atoms with Crippen LogP contribution < -0.4 is 5.32 Å². The van der Waals surface area contributed by atoms with Gasteiger partial charge in [0.05, 0.1) is 38.1 Å². The highest BCUT2D eigenvalue weighted by atomic mass is 16.5. The zero-order valence-corrected chi connectivity index (χ0v) is 14.9. The molecular weight excluding hydrogens is 318 g/mol. The molecule has 3 aliphatic rings. The van der Waals surface area contributed by atoms with Crippen molar-refractivity contribution < 1.29 is 13.9 Å². The molecule has 0 radical (unpaired) electrons. The van der Waals surface area contributed by atoms with E-state index in [2.05, 4.69) is 15.1 Å². The predicted octanol–water partition coefficient (Wildman–Crippen LogP) is 1.47. The van der Waals surface area contributed by atoms with E-state index in [1.807, 2.05) is 12.1 Å². The van der Waals surface area contributed by atoms with Crippen molar-refractivity contribution in [3.05, 3.63) is 24.2 Å². The largest absolute Gasteiger partial charge is 0.468 e. The van der Waals surface area contributed by atoms with Crippen LogP contribution in [0.15, 0.2) is 22.8 Å². The number of hydrogen-bond donors (Lipinski definition) is 1. The van der Waals surface area contributed by atoms with Crippen LogP contribution in [0.1, 0.15) is 31.4 Å². The predicted molar refractivity (Wildman–Crippen MR) is 94.1 cm³/mol. The van der Waals surface area contributed by atoms with E-state index in [9.17, 15) is 4.79 Å². The van der Waals surface area contributed by atoms with E-state index >= 15 is 0 Å². The zero-order chi connectivity index (χ0) is 17.1. The molecule has 25 heavy (non-hydrogen) atoms. The number of carbonyl (C=O) groups is 1. The molecule has 1 aromatic heterocycles. The van der Waals surface area contributed by atoms with Gasteiger partial charge in [0.25, 0.3) is 0 Å². The minimum atomic E-state index is 0.132. The normalized spacial score (nSPS) is 29.3. The number of nitrogens with one attached hydrogen (secondary N) is 1. The Morgan fingerprint density at radius 3 is 2.68 bits per heavy atom. The molecule has 0 unspecified atom stereocenters. The summed E-state index contributed by atoms with van der Waals surface area (Å²) in [5, 5.41) is 3.29. The molecule has 0 bridgehead atoms. The fourth-order valence-electron chi connectivity index (χ4n) is 4.39. The first kappa shape index (κ1) is 17.1. The molecule has 6 nitrogen and oxygen atoms in total. The topological polar surface area (TPSA) is 58.0 Å². The van der Waals surface area contributed by atoms with Crippen LogP contribution in [-0.4, -0.2) is 67.2 Å². The van der Waals surface area contributed by atoms with Crippen LogP contribution in [0.5, 0.6) is 0 Å². The van der Waals surface area contributed by atoms with Gasteiger partial charge >= 0.3 is 0 Å². The van der Waals surface area contributed by atoms with E-state index in [1.54, 1.807) is 6.26 Å². The number of nitrogens with zero attached hydrogens (tertiary/aromatic N) is 2. The maximum absolute atomic E-state index is 12.7. The first-order chi connectivity index (χ1) is 12.3. The van der Waals surface area contributed by atoms with E-state index in [0.29, 0.717) is 12.6 Å². The molecule has 3 aliphatic heterocycles. The molecule has 1 N–H and O–H groups in total. The first-order valence-corrected chi connectivity index (χ1v) is 9.66. The average Bonchev–Trinajstić information content (AvgIpc) is 3.38. The molecule has 0 spiro atoms. The maximum Gasteiger partial charge on any atom is 0.223 e. The van der Waals surface area contributed by atoms with Gasteiger partial charge in [0.2, 0.25) is 5.91 Å². The zero-order valence-electron chi connectivity index (χ0n) is 14.9.